The Bertz CT molecular complexity index is 1940. The van der Waals surface area contributed by atoms with E-state index in [1.165, 1.54) is 4.31 Å². The first-order valence-electron chi connectivity index (χ1n) is 14.5. The molecule has 0 spiro atoms. The van der Waals surface area contributed by atoms with Crippen molar-refractivity contribution in [1.29, 1.82) is 0 Å². The summed E-state index contributed by atoms with van der Waals surface area (Å²) in [4.78, 5) is 33.2. The maximum atomic E-state index is 14.5. The van der Waals surface area contributed by atoms with Gasteiger partial charge < -0.3 is 4.42 Å². The van der Waals surface area contributed by atoms with Crippen LogP contribution in [0.3, 0.4) is 0 Å². The third-order valence-corrected chi connectivity index (χ3v) is 10.6. The molecular weight excluding hydrogens is 574 g/mol. The molecular formula is C35H33N3O5S. The minimum absolute atomic E-state index is 0.0480. The predicted molar refractivity (Wildman–Crippen MR) is 170 cm³/mol. The molecule has 1 aliphatic rings. The van der Waals surface area contributed by atoms with E-state index in [0.29, 0.717) is 40.3 Å². The van der Waals surface area contributed by atoms with Crippen molar-refractivity contribution < 1.29 is 22.4 Å². The largest absolute Gasteiger partial charge is 0.436 e. The highest BCUT2D eigenvalue weighted by atomic mass is 32.2. The van der Waals surface area contributed by atoms with Crippen LogP contribution in [-0.2, 0) is 26.0 Å². The fraction of sp³-hybridized carbons (Fsp3) is 0.229. The molecule has 224 valence electrons. The lowest BCUT2D eigenvalue weighted by atomic mass is 10.0. The molecule has 8 nitrogen and oxygen atoms in total. The van der Waals surface area contributed by atoms with Crippen LogP contribution in [0.4, 0.5) is 5.69 Å². The first-order chi connectivity index (χ1) is 21.1. The maximum Gasteiger partial charge on any atom is 0.252 e. The number of nitrogens with zero attached hydrogens (tertiary/aromatic N) is 3. The molecule has 4 aromatic carbocycles. The van der Waals surface area contributed by atoms with Gasteiger partial charge in [0.05, 0.1) is 17.0 Å². The smallest absolute Gasteiger partial charge is 0.252 e. The van der Waals surface area contributed by atoms with Crippen molar-refractivity contribution in [2.75, 3.05) is 11.4 Å². The van der Waals surface area contributed by atoms with Crippen molar-refractivity contribution in [3.05, 3.63) is 113 Å². The second-order valence-electron chi connectivity index (χ2n) is 11.3. The summed E-state index contributed by atoms with van der Waals surface area (Å²) < 4.78 is 36.1. The van der Waals surface area contributed by atoms with E-state index in [1.54, 1.807) is 38.1 Å². The number of amides is 2. The fourth-order valence-corrected chi connectivity index (χ4v) is 8.03. The zero-order chi connectivity index (χ0) is 31.2. The molecule has 2 amide bonds. The van der Waals surface area contributed by atoms with Gasteiger partial charge in [0, 0.05) is 12.1 Å². The summed E-state index contributed by atoms with van der Waals surface area (Å²) in [5, 5.41) is 0. The lowest BCUT2D eigenvalue weighted by molar-refractivity contribution is -0.122. The number of hydrogen-bond acceptors (Lipinski definition) is 6. The first kappa shape index (κ1) is 29.5. The molecule has 0 radical (unpaired) electrons. The normalized spacial score (nSPS) is 15.6. The predicted octanol–water partition coefficient (Wildman–Crippen LogP) is 6.29. The molecule has 1 atom stereocenters. The van der Waals surface area contributed by atoms with E-state index < -0.39 is 27.9 Å². The Morgan fingerprint density at radius 2 is 1.50 bits per heavy atom. The van der Waals surface area contributed by atoms with Crippen LogP contribution >= 0.6 is 0 Å². The van der Waals surface area contributed by atoms with E-state index in [2.05, 4.69) is 4.98 Å². The molecule has 1 aliphatic heterocycles. The van der Waals surface area contributed by atoms with E-state index in [4.69, 9.17) is 4.42 Å². The number of carbonyl (C=O) groups is 2. The molecule has 9 heteroatoms. The van der Waals surface area contributed by atoms with Gasteiger partial charge in [-0.15, -0.1) is 0 Å². The van der Waals surface area contributed by atoms with Gasteiger partial charge in [-0.1, -0.05) is 48.5 Å². The topological polar surface area (TPSA) is 101 Å². The minimum Gasteiger partial charge on any atom is -0.436 e. The number of oxazole rings is 1. The van der Waals surface area contributed by atoms with Crippen molar-refractivity contribution in [1.82, 2.24) is 9.29 Å². The average molecular weight is 608 g/mol. The molecule has 2 heterocycles. The van der Waals surface area contributed by atoms with Gasteiger partial charge in [-0.2, -0.15) is 4.31 Å². The number of anilines is 1. The Morgan fingerprint density at radius 3 is 2.16 bits per heavy atom. The summed E-state index contributed by atoms with van der Waals surface area (Å²) in [5.74, 6) is -0.601. The number of benzene rings is 4. The van der Waals surface area contributed by atoms with Crippen LogP contribution in [0.1, 0.15) is 34.2 Å². The molecule has 0 N–H and O–H groups in total. The van der Waals surface area contributed by atoms with E-state index in [1.807, 2.05) is 74.5 Å². The highest BCUT2D eigenvalue weighted by Gasteiger charge is 2.47. The summed E-state index contributed by atoms with van der Waals surface area (Å²) in [7, 11) is -4.17. The average Bonchev–Trinajstić information content (AvgIpc) is 3.57. The zero-order valence-corrected chi connectivity index (χ0v) is 25.9. The summed E-state index contributed by atoms with van der Waals surface area (Å²) >= 11 is 0. The maximum absolute atomic E-state index is 14.5. The summed E-state index contributed by atoms with van der Waals surface area (Å²) in [6.45, 7) is 7.39. The number of fused-ring (bicyclic) bond motifs is 1. The van der Waals surface area contributed by atoms with Gasteiger partial charge in [0.15, 0.2) is 5.58 Å². The van der Waals surface area contributed by atoms with Crippen molar-refractivity contribution in [2.24, 2.45) is 0 Å². The molecule has 44 heavy (non-hydrogen) atoms. The molecule has 1 unspecified atom stereocenters. The molecule has 0 bridgehead atoms. The van der Waals surface area contributed by atoms with Gasteiger partial charge in [-0.25, -0.2) is 18.3 Å². The van der Waals surface area contributed by atoms with Crippen molar-refractivity contribution in [3.63, 3.8) is 0 Å². The lowest BCUT2D eigenvalue weighted by Gasteiger charge is -2.29. The Labute approximate surface area is 257 Å². The second-order valence-corrected chi connectivity index (χ2v) is 13.1. The number of aromatic nitrogens is 1. The van der Waals surface area contributed by atoms with Crippen molar-refractivity contribution >= 4 is 38.6 Å². The summed E-state index contributed by atoms with van der Waals surface area (Å²) in [6, 6.07) is 24.5. The van der Waals surface area contributed by atoms with Crippen LogP contribution in [0.2, 0.25) is 0 Å². The molecule has 1 saturated heterocycles. The van der Waals surface area contributed by atoms with Crippen LogP contribution in [0, 0.1) is 27.7 Å². The van der Waals surface area contributed by atoms with Gasteiger partial charge in [-0.3, -0.25) is 9.59 Å². The van der Waals surface area contributed by atoms with Gasteiger partial charge in [0.1, 0.15) is 11.6 Å². The number of carbonyl (C=O) groups excluding carboxylic acids is 2. The number of imide groups is 1. The standard InChI is InChI=1S/C35H33N3O5S/c1-22-20-23(2)25(4)33(24(22)3)44(41,42)37(19-18-26-10-6-5-7-11-26)30-21-32(39)38(35(30)40)28-16-14-27(15-17-28)34-36-29-12-8-9-13-31(29)43-34/h5-17,20,30H,18-19,21H2,1-4H3. The molecule has 0 aliphatic carbocycles. The summed E-state index contributed by atoms with van der Waals surface area (Å²) in [6.07, 6.45) is 0.142. The Balaban J connectivity index is 1.34. The third kappa shape index (κ3) is 5.22. The Morgan fingerprint density at radius 1 is 0.864 bits per heavy atom. The molecule has 5 aromatic rings. The quantitative estimate of drug-likeness (QED) is 0.192. The Hall–Kier alpha value is -4.60. The van der Waals surface area contributed by atoms with Crippen LogP contribution in [-0.4, -0.2) is 42.1 Å². The number of para-hydroxylation sites is 2. The number of hydrogen-bond donors (Lipinski definition) is 0. The fourth-order valence-electron chi connectivity index (χ4n) is 5.87. The van der Waals surface area contributed by atoms with Gasteiger partial charge >= 0.3 is 0 Å². The van der Waals surface area contributed by atoms with E-state index in [9.17, 15) is 18.0 Å². The number of aryl methyl sites for hydroxylation is 2. The van der Waals surface area contributed by atoms with E-state index in [-0.39, 0.29) is 17.9 Å². The molecule has 1 aromatic heterocycles. The van der Waals surface area contributed by atoms with Crippen LogP contribution in [0.5, 0.6) is 0 Å². The third-order valence-electron chi connectivity index (χ3n) is 8.46. The van der Waals surface area contributed by atoms with E-state index in [0.717, 1.165) is 27.1 Å². The zero-order valence-electron chi connectivity index (χ0n) is 25.1. The van der Waals surface area contributed by atoms with Crippen molar-refractivity contribution in [2.45, 2.75) is 51.5 Å². The minimum atomic E-state index is -4.17. The Kier molecular flexibility index (Phi) is 7.69. The van der Waals surface area contributed by atoms with Gasteiger partial charge in [-0.05, 0) is 98.3 Å². The monoisotopic (exact) mass is 607 g/mol. The number of sulfonamides is 1. The van der Waals surface area contributed by atoms with Gasteiger partial charge in [0.2, 0.25) is 21.8 Å². The lowest BCUT2D eigenvalue weighted by Crippen LogP contribution is -2.46. The summed E-state index contributed by atoms with van der Waals surface area (Å²) in [5.41, 5.74) is 6.35. The second kappa shape index (κ2) is 11.5. The highest BCUT2D eigenvalue weighted by molar-refractivity contribution is 7.89. The van der Waals surface area contributed by atoms with Crippen molar-refractivity contribution in [3.8, 4) is 11.5 Å². The van der Waals surface area contributed by atoms with Crippen LogP contribution < -0.4 is 4.90 Å². The first-order valence-corrected chi connectivity index (χ1v) is 16.0. The number of rotatable bonds is 8. The highest BCUT2D eigenvalue weighted by Crippen LogP contribution is 2.34. The molecule has 0 saturated carbocycles. The van der Waals surface area contributed by atoms with Crippen LogP contribution in [0.25, 0.3) is 22.6 Å². The SMILES string of the molecule is Cc1cc(C)c(C)c(S(=O)(=O)N(CCc2ccccc2)C2CC(=O)N(c3ccc(-c4nc5ccccc5o4)cc3)C2=O)c1C. The van der Waals surface area contributed by atoms with Gasteiger partial charge in [0.25, 0.3) is 5.91 Å². The molecule has 6 rings (SSSR count). The van der Waals surface area contributed by atoms with E-state index >= 15 is 0 Å². The molecule has 1 fully saturated rings. The van der Waals surface area contributed by atoms with Crippen LogP contribution in [0.15, 0.2) is 94.2 Å².